The van der Waals surface area contributed by atoms with E-state index in [1.807, 2.05) is 12.1 Å². The Morgan fingerprint density at radius 2 is 1.67 bits per heavy atom. The molecule has 0 unspecified atom stereocenters. The number of nitrogens with zero attached hydrogens (tertiary/aromatic N) is 1. The van der Waals surface area contributed by atoms with Gasteiger partial charge in [-0.05, 0) is 79.7 Å². The highest BCUT2D eigenvalue weighted by Crippen LogP contribution is 2.43. The highest BCUT2D eigenvalue weighted by Gasteiger charge is 2.34. The average molecular weight is 387 g/mol. The Morgan fingerprint density at radius 1 is 1.04 bits per heavy atom. The normalized spacial score (nSPS) is 22.6. The molecule has 2 fully saturated rings. The number of benzene rings is 1. The van der Waals surface area contributed by atoms with E-state index in [2.05, 4.69) is 4.98 Å². The van der Waals surface area contributed by atoms with Crippen LogP contribution in [0.4, 0.5) is 4.39 Å². The highest BCUT2D eigenvalue weighted by atomic mass is 35.5. The van der Waals surface area contributed by atoms with Crippen molar-refractivity contribution in [3.63, 3.8) is 0 Å². The molecule has 2 saturated carbocycles. The van der Waals surface area contributed by atoms with E-state index in [4.69, 9.17) is 17.3 Å². The van der Waals surface area contributed by atoms with Gasteiger partial charge in [0.25, 0.3) is 0 Å². The molecule has 0 atom stereocenters. The van der Waals surface area contributed by atoms with E-state index in [1.54, 1.807) is 12.1 Å². The minimum atomic E-state index is -0.245. The van der Waals surface area contributed by atoms with Gasteiger partial charge < -0.3 is 5.73 Å². The predicted octanol–water partition coefficient (Wildman–Crippen LogP) is 5.37. The third kappa shape index (κ3) is 3.92. The molecular weight excluding hydrogens is 363 g/mol. The van der Waals surface area contributed by atoms with Crippen molar-refractivity contribution in [1.82, 2.24) is 4.98 Å². The third-order valence-corrected chi connectivity index (χ3v) is 6.18. The molecule has 0 spiro atoms. The minimum absolute atomic E-state index is 0.0327. The summed E-state index contributed by atoms with van der Waals surface area (Å²) >= 11 is 5.86. The number of Topliss-reactive ketones (excluding diaryl/α,β-unsaturated/α-hetero) is 1. The molecule has 142 valence electrons. The van der Waals surface area contributed by atoms with E-state index in [-0.39, 0.29) is 23.4 Å². The number of hydrogen-bond donors (Lipinski definition) is 1. The Labute approximate surface area is 164 Å². The lowest BCUT2D eigenvalue weighted by Crippen LogP contribution is -2.24. The number of pyridine rings is 1. The van der Waals surface area contributed by atoms with Crippen LogP contribution in [0.3, 0.4) is 0 Å². The van der Waals surface area contributed by atoms with Gasteiger partial charge >= 0.3 is 0 Å². The van der Waals surface area contributed by atoms with Gasteiger partial charge in [0.1, 0.15) is 11.5 Å². The standard InChI is InChI=1S/C22H24ClFN2O/c23-16-7-9-18(20(24)11-16)13-3-5-15(6-4-13)22(27)21-19(14-1-2-14)10-8-17(12-25)26-21/h7-11,13-15H,1-6,12,25H2. The molecule has 4 rings (SSSR count). The number of nitrogens with two attached hydrogens (primary N) is 1. The third-order valence-electron chi connectivity index (χ3n) is 5.94. The second-order valence-electron chi connectivity index (χ2n) is 7.80. The van der Waals surface area contributed by atoms with Crippen LogP contribution < -0.4 is 5.73 Å². The van der Waals surface area contributed by atoms with Gasteiger partial charge in [-0.15, -0.1) is 0 Å². The van der Waals surface area contributed by atoms with E-state index < -0.39 is 0 Å². The fourth-order valence-electron chi connectivity index (χ4n) is 4.24. The van der Waals surface area contributed by atoms with Crippen molar-refractivity contribution in [2.45, 2.75) is 56.9 Å². The van der Waals surface area contributed by atoms with Crippen LogP contribution in [-0.4, -0.2) is 10.8 Å². The van der Waals surface area contributed by atoms with E-state index in [0.717, 1.165) is 49.8 Å². The maximum Gasteiger partial charge on any atom is 0.184 e. The van der Waals surface area contributed by atoms with Gasteiger partial charge in [0.2, 0.25) is 0 Å². The van der Waals surface area contributed by atoms with Crippen LogP contribution in [0.15, 0.2) is 30.3 Å². The Bertz CT molecular complexity index is 857. The van der Waals surface area contributed by atoms with Crippen molar-refractivity contribution < 1.29 is 9.18 Å². The number of carbonyl (C=O) groups excluding carboxylic acids is 1. The zero-order valence-electron chi connectivity index (χ0n) is 15.3. The lowest BCUT2D eigenvalue weighted by atomic mass is 9.76. The van der Waals surface area contributed by atoms with Gasteiger partial charge in [0.15, 0.2) is 5.78 Å². The monoisotopic (exact) mass is 386 g/mol. The molecule has 0 aliphatic heterocycles. The van der Waals surface area contributed by atoms with Crippen molar-refractivity contribution in [2.24, 2.45) is 11.7 Å². The van der Waals surface area contributed by atoms with Crippen LogP contribution >= 0.6 is 11.6 Å². The maximum absolute atomic E-state index is 14.2. The summed E-state index contributed by atoms with van der Waals surface area (Å²) in [5.74, 6) is 0.489. The van der Waals surface area contributed by atoms with Crippen molar-refractivity contribution in [2.75, 3.05) is 0 Å². The molecule has 2 N–H and O–H groups in total. The predicted molar refractivity (Wildman–Crippen MR) is 105 cm³/mol. The molecule has 1 heterocycles. The molecule has 1 aromatic carbocycles. The Morgan fingerprint density at radius 3 is 2.30 bits per heavy atom. The van der Waals surface area contributed by atoms with Gasteiger partial charge in [0.05, 0.1) is 5.69 Å². The molecule has 0 saturated heterocycles. The smallest absolute Gasteiger partial charge is 0.184 e. The van der Waals surface area contributed by atoms with Gasteiger partial charge in [-0.25, -0.2) is 9.37 Å². The highest BCUT2D eigenvalue weighted by molar-refractivity contribution is 6.30. The lowest BCUT2D eigenvalue weighted by Gasteiger charge is -2.28. The first-order valence-electron chi connectivity index (χ1n) is 9.76. The number of halogens is 2. The number of rotatable bonds is 5. The van der Waals surface area contributed by atoms with Crippen LogP contribution in [0.1, 0.15) is 77.7 Å². The van der Waals surface area contributed by atoms with Gasteiger partial charge in [-0.1, -0.05) is 23.7 Å². The summed E-state index contributed by atoms with van der Waals surface area (Å²) in [6.07, 6.45) is 5.42. The molecular formula is C22H24ClFN2O. The minimum Gasteiger partial charge on any atom is -0.325 e. The summed E-state index contributed by atoms with van der Waals surface area (Å²) in [6, 6.07) is 8.86. The van der Waals surface area contributed by atoms with Crippen molar-refractivity contribution in [1.29, 1.82) is 0 Å². The zero-order valence-corrected chi connectivity index (χ0v) is 16.0. The molecule has 0 radical (unpaired) electrons. The van der Waals surface area contributed by atoms with Crippen LogP contribution in [0.2, 0.25) is 5.02 Å². The van der Waals surface area contributed by atoms with Gasteiger partial charge in [-0.2, -0.15) is 0 Å². The average Bonchev–Trinajstić information content (AvgIpc) is 3.52. The topological polar surface area (TPSA) is 56.0 Å². The Hall–Kier alpha value is -1.78. The van der Waals surface area contributed by atoms with E-state index >= 15 is 0 Å². The quantitative estimate of drug-likeness (QED) is 0.703. The number of aromatic nitrogens is 1. The zero-order chi connectivity index (χ0) is 19.0. The van der Waals surface area contributed by atoms with Crippen molar-refractivity contribution in [3.8, 4) is 0 Å². The molecule has 1 aromatic heterocycles. The number of carbonyl (C=O) groups is 1. The maximum atomic E-state index is 14.2. The molecule has 2 aliphatic carbocycles. The fraction of sp³-hybridized carbons (Fsp3) is 0.455. The molecule has 3 nitrogen and oxygen atoms in total. The molecule has 5 heteroatoms. The summed E-state index contributed by atoms with van der Waals surface area (Å²) in [5.41, 5.74) is 8.92. The summed E-state index contributed by atoms with van der Waals surface area (Å²) in [5, 5.41) is 0.415. The van der Waals surface area contributed by atoms with Crippen LogP contribution in [0.5, 0.6) is 0 Å². The van der Waals surface area contributed by atoms with Crippen LogP contribution in [0, 0.1) is 11.7 Å². The van der Waals surface area contributed by atoms with Crippen LogP contribution in [-0.2, 0) is 6.54 Å². The summed E-state index contributed by atoms with van der Waals surface area (Å²) in [6.45, 7) is 0.341. The molecule has 0 bridgehead atoms. The van der Waals surface area contributed by atoms with E-state index in [9.17, 15) is 9.18 Å². The summed E-state index contributed by atoms with van der Waals surface area (Å²) in [7, 11) is 0. The molecule has 27 heavy (non-hydrogen) atoms. The Balaban J connectivity index is 1.49. The Kier molecular flexibility index (Phi) is 5.29. The fourth-order valence-corrected chi connectivity index (χ4v) is 4.40. The summed E-state index contributed by atoms with van der Waals surface area (Å²) < 4.78 is 14.2. The molecule has 2 aliphatic rings. The van der Waals surface area contributed by atoms with Crippen LogP contribution in [0.25, 0.3) is 0 Å². The molecule has 0 amide bonds. The lowest BCUT2D eigenvalue weighted by molar-refractivity contribution is 0.0877. The number of ketones is 1. The first kappa shape index (κ1) is 18.6. The number of hydrogen-bond acceptors (Lipinski definition) is 3. The SMILES string of the molecule is NCc1ccc(C2CC2)c(C(=O)C2CCC(c3ccc(Cl)cc3F)CC2)n1. The van der Waals surface area contributed by atoms with Crippen molar-refractivity contribution >= 4 is 17.4 Å². The van der Waals surface area contributed by atoms with E-state index in [1.165, 1.54) is 6.07 Å². The second kappa shape index (κ2) is 7.69. The molecule has 2 aromatic rings. The van der Waals surface area contributed by atoms with Crippen molar-refractivity contribution in [3.05, 3.63) is 63.7 Å². The first-order valence-corrected chi connectivity index (χ1v) is 10.1. The second-order valence-corrected chi connectivity index (χ2v) is 8.23. The largest absolute Gasteiger partial charge is 0.325 e. The van der Waals surface area contributed by atoms with E-state index in [0.29, 0.717) is 28.7 Å². The first-order chi connectivity index (χ1) is 13.1. The van der Waals surface area contributed by atoms with Gasteiger partial charge in [-0.3, -0.25) is 4.79 Å². The summed E-state index contributed by atoms with van der Waals surface area (Å²) in [4.78, 5) is 17.8. The van der Waals surface area contributed by atoms with Gasteiger partial charge in [0, 0.05) is 17.5 Å².